The molecule has 2 rings (SSSR count). The van der Waals surface area contributed by atoms with Crippen molar-refractivity contribution in [3.05, 3.63) is 0 Å². The fourth-order valence-electron chi connectivity index (χ4n) is 2.93. The number of hydrogen-bond acceptors (Lipinski definition) is 2. The van der Waals surface area contributed by atoms with E-state index in [4.69, 9.17) is 0 Å². The summed E-state index contributed by atoms with van der Waals surface area (Å²) in [4.78, 5) is 11.9. The summed E-state index contributed by atoms with van der Waals surface area (Å²) in [7, 11) is 0. The first-order valence-electron chi connectivity index (χ1n) is 6.76. The molecule has 2 aliphatic rings. The van der Waals surface area contributed by atoms with Crippen LogP contribution >= 0.6 is 0 Å². The molecule has 1 saturated carbocycles. The van der Waals surface area contributed by atoms with E-state index < -0.39 is 0 Å². The van der Waals surface area contributed by atoms with Gasteiger partial charge >= 0.3 is 0 Å². The smallest absolute Gasteiger partial charge is 0.220 e. The standard InChI is InChI=1S/C13H24N2O/c1-10-6-7-14-9-12(10)15-13(16)8-11-4-2-3-5-11/h10-12,14H,2-9H2,1H3,(H,15,16). The lowest BCUT2D eigenvalue weighted by atomic mass is 9.94. The summed E-state index contributed by atoms with van der Waals surface area (Å²) in [6.07, 6.45) is 7.08. The molecule has 1 amide bonds. The first-order chi connectivity index (χ1) is 7.75. The van der Waals surface area contributed by atoms with Crippen molar-refractivity contribution in [2.45, 2.75) is 51.5 Å². The average molecular weight is 224 g/mol. The van der Waals surface area contributed by atoms with E-state index in [2.05, 4.69) is 17.6 Å². The molecule has 16 heavy (non-hydrogen) atoms. The van der Waals surface area contributed by atoms with Crippen LogP contribution in [0.2, 0.25) is 0 Å². The Morgan fingerprint density at radius 3 is 2.75 bits per heavy atom. The molecule has 0 aromatic carbocycles. The summed E-state index contributed by atoms with van der Waals surface area (Å²) in [6, 6.07) is 0.350. The second-order valence-corrected chi connectivity index (χ2v) is 5.50. The summed E-state index contributed by atoms with van der Waals surface area (Å²) in [5.74, 6) is 1.55. The first-order valence-corrected chi connectivity index (χ1v) is 6.76. The van der Waals surface area contributed by atoms with Gasteiger partial charge in [-0.05, 0) is 37.6 Å². The third kappa shape index (κ3) is 3.21. The Bertz CT molecular complexity index is 236. The van der Waals surface area contributed by atoms with E-state index in [1.165, 1.54) is 32.1 Å². The lowest BCUT2D eigenvalue weighted by molar-refractivity contribution is -0.123. The predicted molar refractivity (Wildman–Crippen MR) is 65.2 cm³/mol. The van der Waals surface area contributed by atoms with Crippen LogP contribution in [0.3, 0.4) is 0 Å². The number of piperidine rings is 1. The first kappa shape index (κ1) is 11.9. The Labute approximate surface area is 98.4 Å². The summed E-state index contributed by atoms with van der Waals surface area (Å²) < 4.78 is 0. The second-order valence-electron chi connectivity index (χ2n) is 5.50. The lowest BCUT2D eigenvalue weighted by Crippen LogP contribution is -2.50. The normalized spacial score (nSPS) is 31.6. The van der Waals surface area contributed by atoms with Crippen molar-refractivity contribution >= 4 is 5.91 Å². The van der Waals surface area contributed by atoms with Crippen LogP contribution in [0.4, 0.5) is 0 Å². The zero-order chi connectivity index (χ0) is 11.4. The molecular formula is C13H24N2O. The SMILES string of the molecule is CC1CCNCC1NC(=O)CC1CCCC1. The van der Waals surface area contributed by atoms with E-state index in [0.717, 1.165) is 19.5 Å². The van der Waals surface area contributed by atoms with Crippen molar-refractivity contribution in [2.75, 3.05) is 13.1 Å². The fourth-order valence-corrected chi connectivity index (χ4v) is 2.93. The minimum absolute atomic E-state index is 0.271. The number of nitrogens with one attached hydrogen (secondary N) is 2. The van der Waals surface area contributed by atoms with Crippen molar-refractivity contribution in [1.82, 2.24) is 10.6 Å². The molecule has 0 aromatic heterocycles. The van der Waals surface area contributed by atoms with Crippen molar-refractivity contribution < 1.29 is 4.79 Å². The van der Waals surface area contributed by atoms with E-state index in [-0.39, 0.29) is 5.91 Å². The molecule has 1 saturated heterocycles. The van der Waals surface area contributed by atoms with Gasteiger partial charge in [0.05, 0.1) is 0 Å². The van der Waals surface area contributed by atoms with Crippen molar-refractivity contribution in [3.63, 3.8) is 0 Å². The molecule has 0 bridgehead atoms. The van der Waals surface area contributed by atoms with E-state index in [9.17, 15) is 4.79 Å². The fraction of sp³-hybridized carbons (Fsp3) is 0.923. The van der Waals surface area contributed by atoms with Gasteiger partial charge in [0, 0.05) is 19.0 Å². The van der Waals surface area contributed by atoms with Crippen LogP contribution in [-0.2, 0) is 4.79 Å². The number of rotatable bonds is 3. The average Bonchev–Trinajstić information content (AvgIpc) is 2.74. The van der Waals surface area contributed by atoms with Crippen LogP contribution < -0.4 is 10.6 Å². The van der Waals surface area contributed by atoms with Crippen molar-refractivity contribution in [1.29, 1.82) is 0 Å². The van der Waals surface area contributed by atoms with Crippen LogP contribution in [0.25, 0.3) is 0 Å². The Hall–Kier alpha value is -0.570. The summed E-state index contributed by atoms with van der Waals surface area (Å²) >= 11 is 0. The van der Waals surface area contributed by atoms with E-state index in [0.29, 0.717) is 17.9 Å². The molecule has 3 nitrogen and oxygen atoms in total. The summed E-state index contributed by atoms with van der Waals surface area (Å²) in [6.45, 7) is 4.27. The Morgan fingerprint density at radius 1 is 1.31 bits per heavy atom. The quantitative estimate of drug-likeness (QED) is 0.766. The predicted octanol–water partition coefficient (Wildman–Crippen LogP) is 1.68. The van der Waals surface area contributed by atoms with Gasteiger partial charge in [0.25, 0.3) is 0 Å². The number of carbonyl (C=O) groups is 1. The van der Waals surface area contributed by atoms with Gasteiger partial charge in [-0.2, -0.15) is 0 Å². The van der Waals surface area contributed by atoms with Gasteiger partial charge in [-0.15, -0.1) is 0 Å². The van der Waals surface area contributed by atoms with Crippen LogP contribution in [0.5, 0.6) is 0 Å². The zero-order valence-corrected chi connectivity index (χ0v) is 10.3. The minimum Gasteiger partial charge on any atom is -0.352 e. The van der Waals surface area contributed by atoms with Gasteiger partial charge in [-0.1, -0.05) is 19.8 Å². The van der Waals surface area contributed by atoms with Crippen molar-refractivity contribution in [2.24, 2.45) is 11.8 Å². The monoisotopic (exact) mass is 224 g/mol. The van der Waals surface area contributed by atoms with Crippen LogP contribution in [0.15, 0.2) is 0 Å². The second kappa shape index (κ2) is 5.67. The third-order valence-electron chi connectivity index (χ3n) is 4.12. The molecule has 2 unspecified atom stereocenters. The Morgan fingerprint density at radius 2 is 2.06 bits per heavy atom. The number of hydrogen-bond donors (Lipinski definition) is 2. The van der Waals surface area contributed by atoms with Gasteiger partial charge in [0.15, 0.2) is 0 Å². The molecule has 0 radical (unpaired) electrons. The van der Waals surface area contributed by atoms with E-state index in [1.807, 2.05) is 0 Å². The molecule has 2 fully saturated rings. The number of carbonyl (C=O) groups excluding carboxylic acids is 1. The van der Waals surface area contributed by atoms with E-state index >= 15 is 0 Å². The van der Waals surface area contributed by atoms with Gasteiger partial charge < -0.3 is 10.6 Å². The molecule has 3 heteroatoms. The van der Waals surface area contributed by atoms with Crippen LogP contribution in [-0.4, -0.2) is 25.0 Å². The maximum Gasteiger partial charge on any atom is 0.220 e. The molecule has 92 valence electrons. The molecular weight excluding hydrogens is 200 g/mol. The van der Waals surface area contributed by atoms with Crippen molar-refractivity contribution in [3.8, 4) is 0 Å². The van der Waals surface area contributed by atoms with Gasteiger partial charge in [-0.3, -0.25) is 4.79 Å². The minimum atomic E-state index is 0.271. The maximum atomic E-state index is 11.9. The van der Waals surface area contributed by atoms with Crippen LogP contribution in [0, 0.1) is 11.8 Å². The molecule has 1 heterocycles. The van der Waals surface area contributed by atoms with Gasteiger partial charge in [-0.25, -0.2) is 0 Å². The zero-order valence-electron chi connectivity index (χ0n) is 10.3. The molecule has 1 aliphatic carbocycles. The largest absolute Gasteiger partial charge is 0.352 e. The third-order valence-corrected chi connectivity index (χ3v) is 4.12. The highest BCUT2D eigenvalue weighted by atomic mass is 16.1. The van der Waals surface area contributed by atoms with E-state index in [1.54, 1.807) is 0 Å². The maximum absolute atomic E-state index is 11.9. The number of amides is 1. The topological polar surface area (TPSA) is 41.1 Å². The highest BCUT2D eigenvalue weighted by Crippen LogP contribution is 2.27. The summed E-state index contributed by atoms with van der Waals surface area (Å²) in [5, 5.41) is 6.54. The van der Waals surface area contributed by atoms with Gasteiger partial charge in [0.2, 0.25) is 5.91 Å². The highest BCUT2D eigenvalue weighted by molar-refractivity contribution is 5.76. The Balaban J connectivity index is 1.72. The lowest BCUT2D eigenvalue weighted by Gasteiger charge is -2.30. The van der Waals surface area contributed by atoms with Gasteiger partial charge in [0.1, 0.15) is 0 Å². The van der Waals surface area contributed by atoms with Crippen LogP contribution in [0.1, 0.15) is 45.4 Å². The summed E-state index contributed by atoms with van der Waals surface area (Å²) in [5.41, 5.74) is 0. The molecule has 2 N–H and O–H groups in total. The Kier molecular flexibility index (Phi) is 4.22. The molecule has 0 spiro atoms. The molecule has 2 atom stereocenters. The molecule has 1 aliphatic heterocycles. The highest BCUT2D eigenvalue weighted by Gasteiger charge is 2.24. The molecule has 0 aromatic rings.